The van der Waals surface area contributed by atoms with Crippen LogP contribution in [0.3, 0.4) is 0 Å². The molecule has 1 aromatic rings. The Balaban J connectivity index is 1.67. The first-order chi connectivity index (χ1) is 14.8. The van der Waals surface area contributed by atoms with E-state index in [1.165, 1.54) is 6.08 Å². The second-order valence-corrected chi connectivity index (χ2v) is 7.78. The van der Waals surface area contributed by atoms with Crippen LogP contribution >= 0.6 is 0 Å². The first-order valence-corrected chi connectivity index (χ1v) is 10.1. The van der Waals surface area contributed by atoms with Crippen molar-refractivity contribution in [1.29, 1.82) is 5.26 Å². The summed E-state index contributed by atoms with van der Waals surface area (Å²) in [5.41, 5.74) is 1.47. The van der Waals surface area contributed by atoms with Crippen molar-refractivity contribution in [3.05, 3.63) is 35.4 Å². The maximum absolute atomic E-state index is 12.5. The van der Waals surface area contributed by atoms with Gasteiger partial charge in [0.05, 0.1) is 6.61 Å². The highest BCUT2D eigenvalue weighted by molar-refractivity contribution is 6.01. The van der Waals surface area contributed by atoms with Gasteiger partial charge in [-0.3, -0.25) is 4.79 Å². The smallest absolute Gasteiger partial charge is 0.262 e. The second kappa shape index (κ2) is 10.2. The number of nitrogens with zero attached hydrogens (tertiary/aromatic N) is 3. The van der Waals surface area contributed by atoms with Crippen LogP contribution in [0.5, 0.6) is 0 Å². The van der Waals surface area contributed by atoms with Crippen LogP contribution in [0.4, 0.5) is 5.69 Å². The van der Waals surface area contributed by atoms with Gasteiger partial charge in [-0.2, -0.15) is 5.26 Å². The number of ether oxygens (including phenoxy) is 1. The van der Waals surface area contributed by atoms with Crippen LogP contribution < -0.4 is 10.2 Å². The summed E-state index contributed by atoms with van der Waals surface area (Å²) in [6.45, 7) is 3.21. The van der Waals surface area contributed by atoms with Gasteiger partial charge in [-0.15, -0.1) is 0 Å². The molecule has 10 heteroatoms. The highest BCUT2D eigenvalue weighted by Gasteiger charge is 2.44. The van der Waals surface area contributed by atoms with Crippen LogP contribution in [0.15, 0.2) is 29.8 Å². The molecule has 1 amide bonds. The van der Waals surface area contributed by atoms with Gasteiger partial charge in [-0.05, 0) is 30.8 Å². The molecule has 0 aromatic heterocycles. The Kier molecular flexibility index (Phi) is 7.61. The van der Waals surface area contributed by atoms with E-state index in [1.54, 1.807) is 12.1 Å². The monoisotopic (exact) mass is 432 g/mol. The van der Waals surface area contributed by atoms with E-state index in [1.807, 2.05) is 18.2 Å². The number of piperazine rings is 1. The standard InChI is InChI=1S/C21H28N4O6/c1-24-6-8-25(9-7-24)15-4-2-13(3-5-15)10-14(11-22)20(29)23-17-19(28)18(27)16(12-26)31-21(17)30/h2-5,10,16-19,21,26-28,30H,6-9,12H2,1H3,(H,23,29)/b14-10+/t16-,17-,18-,19-,21?/m1/s1. The molecule has 168 valence electrons. The normalized spacial score (nSPS) is 30.0. The summed E-state index contributed by atoms with van der Waals surface area (Å²) < 4.78 is 5.01. The number of hydrogen-bond donors (Lipinski definition) is 5. The summed E-state index contributed by atoms with van der Waals surface area (Å²) in [5, 5.41) is 50.9. The third kappa shape index (κ3) is 5.40. The van der Waals surface area contributed by atoms with Gasteiger partial charge in [0.2, 0.25) is 0 Å². The zero-order valence-electron chi connectivity index (χ0n) is 17.3. The van der Waals surface area contributed by atoms with Crippen LogP contribution in [-0.4, -0.2) is 102 Å². The molecule has 0 aliphatic carbocycles. The number of nitrogens with one attached hydrogen (secondary N) is 1. The number of anilines is 1. The zero-order chi connectivity index (χ0) is 22.5. The number of benzene rings is 1. The minimum Gasteiger partial charge on any atom is -0.394 e. The van der Waals surface area contributed by atoms with E-state index in [2.05, 4.69) is 22.2 Å². The zero-order valence-corrected chi connectivity index (χ0v) is 17.3. The summed E-state index contributed by atoms with van der Waals surface area (Å²) in [7, 11) is 2.09. The highest BCUT2D eigenvalue weighted by Crippen LogP contribution is 2.21. The Morgan fingerprint density at radius 2 is 1.84 bits per heavy atom. The van der Waals surface area contributed by atoms with E-state index < -0.39 is 43.2 Å². The van der Waals surface area contributed by atoms with Gasteiger partial charge in [-0.1, -0.05) is 12.1 Å². The molecule has 2 fully saturated rings. The van der Waals surface area contributed by atoms with Crippen molar-refractivity contribution < 1.29 is 30.0 Å². The lowest BCUT2D eigenvalue weighted by molar-refractivity contribution is -0.253. The number of aliphatic hydroxyl groups excluding tert-OH is 4. The number of likely N-dealkylation sites (N-methyl/N-ethyl adjacent to an activating group) is 1. The minimum absolute atomic E-state index is 0.231. The van der Waals surface area contributed by atoms with Crippen LogP contribution in [0.1, 0.15) is 5.56 Å². The van der Waals surface area contributed by atoms with Gasteiger partial charge >= 0.3 is 0 Å². The van der Waals surface area contributed by atoms with Crippen molar-refractivity contribution in [3.8, 4) is 6.07 Å². The molecular formula is C21H28N4O6. The average Bonchev–Trinajstić information content (AvgIpc) is 2.78. The third-order valence-corrected chi connectivity index (χ3v) is 5.64. The topological polar surface area (TPSA) is 150 Å². The Morgan fingerprint density at radius 3 is 2.42 bits per heavy atom. The number of amides is 1. The van der Waals surface area contributed by atoms with Crippen molar-refractivity contribution in [2.75, 3.05) is 44.7 Å². The molecule has 1 unspecified atom stereocenters. The van der Waals surface area contributed by atoms with E-state index in [9.17, 15) is 25.4 Å². The summed E-state index contributed by atoms with van der Waals surface area (Å²) in [6.07, 6.45) is -4.51. The predicted octanol–water partition coefficient (Wildman–Crippen LogP) is -1.74. The molecule has 10 nitrogen and oxygen atoms in total. The lowest BCUT2D eigenvalue weighted by atomic mass is 9.96. The molecule has 0 radical (unpaired) electrons. The van der Waals surface area contributed by atoms with Crippen LogP contribution in [0, 0.1) is 11.3 Å². The lowest BCUT2D eigenvalue weighted by Gasteiger charge is -2.40. The molecule has 0 bridgehead atoms. The van der Waals surface area contributed by atoms with Crippen molar-refractivity contribution in [2.45, 2.75) is 30.6 Å². The second-order valence-electron chi connectivity index (χ2n) is 7.78. The van der Waals surface area contributed by atoms with Crippen molar-refractivity contribution in [3.63, 3.8) is 0 Å². The Hall–Kier alpha value is -2.52. The summed E-state index contributed by atoms with van der Waals surface area (Å²) in [5.74, 6) is -0.827. The summed E-state index contributed by atoms with van der Waals surface area (Å²) >= 11 is 0. The quantitative estimate of drug-likeness (QED) is 0.270. The number of hydrogen-bond acceptors (Lipinski definition) is 9. The Morgan fingerprint density at radius 1 is 1.19 bits per heavy atom. The van der Waals surface area contributed by atoms with E-state index in [4.69, 9.17) is 9.84 Å². The Labute approximate surface area is 180 Å². The van der Waals surface area contributed by atoms with Gasteiger partial charge in [-0.25, -0.2) is 0 Å². The molecule has 5 atom stereocenters. The number of aliphatic hydroxyl groups is 4. The summed E-state index contributed by atoms with van der Waals surface area (Å²) in [4.78, 5) is 17.0. The van der Waals surface area contributed by atoms with Gasteiger partial charge in [0.25, 0.3) is 5.91 Å². The van der Waals surface area contributed by atoms with E-state index in [-0.39, 0.29) is 5.57 Å². The van der Waals surface area contributed by atoms with Crippen molar-refractivity contribution >= 4 is 17.7 Å². The molecule has 0 spiro atoms. The van der Waals surface area contributed by atoms with Crippen molar-refractivity contribution in [2.24, 2.45) is 0 Å². The van der Waals surface area contributed by atoms with E-state index >= 15 is 0 Å². The summed E-state index contributed by atoms with van der Waals surface area (Å²) in [6, 6.07) is 7.92. The lowest BCUT2D eigenvalue weighted by Crippen LogP contribution is -2.64. The largest absolute Gasteiger partial charge is 0.394 e. The van der Waals surface area contributed by atoms with Gasteiger partial charge in [0.1, 0.15) is 36.0 Å². The average molecular weight is 432 g/mol. The van der Waals surface area contributed by atoms with Crippen LogP contribution in [0.25, 0.3) is 6.08 Å². The Bertz CT molecular complexity index is 831. The number of carbonyl (C=O) groups is 1. The van der Waals surface area contributed by atoms with Gasteiger partial charge < -0.3 is 40.3 Å². The van der Waals surface area contributed by atoms with Crippen molar-refractivity contribution in [1.82, 2.24) is 10.2 Å². The van der Waals surface area contributed by atoms with Crippen LogP contribution in [0.2, 0.25) is 0 Å². The molecule has 1 aromatic carbocycles. The molecular weight excluding hydrogens is 404 g/mol. The first kappa shape index (κ1) is 23.1. The molecule has 2 heterocycles. The SMILES string of the molecule is CN1CCN(c2ccc(/C=C(\C#N)C(=O)N[C@H]3C(O)O[C@H](CO)[C@@H](O)[C@@H]3O)cc2)CC1. The number of rotatable bonds is 5. The van der Waals surface area contributed by atoms with Crippen LogP contribution in [-0.2, 0) is 9.53 Å². The molecule has 2 aliphatic heterocycles. The molecule has 2 aliphatic rings. The maximum Gasteiger partial charge on any atom is 0.262 e. The highest BCUT2D eigenvalue weighted by atomic mass is 16.6. The van der Waals surface area contributed by atoms with Gasteiger partial charge in [0, 0.05) is 31.9 Å². The fourth-order valence-corrected chi connectivity index (χ4v) is 3.64. The maximum atomic E-state index is 12.5. The molecule has 3 rings (SSSR count). The predicted molar refractivity (Wildman–Crippen MR) is 112 cm³/mol. The fraction of sp³-hybridized carbons (Fsp3) is 0.524. The molecule has 0 saturated carbocycles. The van der Waals surface area contributed by atoms with Gasteiger partial charge in [0.15, 0.2) is 6.29 Å². The number of nitriles is 1. The molecule has 31 heavy (non-hydrogen) atoms. The number of carbonyl (C=O) groups excluding carboxylic acids is 1. The molecule has 5 N–H and O–H groups in total. The van der Waals surface area contributed by atoms with E-state index in [0.717, 1.165) is 31.9 Å². The fourth-order valence-electron chi connectivity index (χ4n) is 3.64. The minimum atomic E-state index is -1.65. The first-order valence-electron chi connectivity index (χ1n) is 10.1. The van der Waals surface area contributed by atoms with E-state index in [0.29, 0.717) is 5.56 Å². The molecule has 2 saturated heterocycles. The third-order valence-electron chi connectivity index (χ3n) is 5.64.